The van der Waals surface area contributed by atoms with Gasteiger partial charge in [0.05, 0.1) is 16.2 Å². The number of rotatable bonds is 2. The molecule has 0 fully saturated rings. The molecular weight excluding hydrogens is 292 g/mol. The summed E-state index contributed by atoms with van der Waals surface area (Å²) < 4.78 is 26.3. The van der Waals surface area contributed by atoms with Gasteiger partial charge in [-0.15, -0.1) is 4.80 Å². The summed E-state index contributed by atoms with van der Waals surface area (Å²) in [6.07, 6.45) is 0. The maximum absolute atomic E-state index is 13.5. The van der Waals surface area contributed by atoms with Crippen LogP contribution in [0.5, 0.6) is 0 Å². The third kappa shape index (κ3) is 2.36. The molecule has 0 aliphatic carbocycles. The summed E-state index contributed by atoms with van der Waals surface area (Å²) in [7, 11) is 0. The molecule has 0 aliphatic rings. The van der Waals surface area contributed by atoms with Crippen LogP contribution in [0.4, 0.5) is 8.78 Å². The fourth-order valence-electron chi connectivity index (χ4n) is 1.51. The Kier molecular flexibility index (Phi) is 3.24. The number of alkyl halides is 1. The van der Waals surface area contributed by atoms with Crippen LogP contribution in [-0.4, -0.2) is 15.0 Å². The molecule has 0 saturated carbocycles. The van der Waals surface area contributed by atoms with Crippen molar-refractivity contribution in [3.05, 3.63) is 41.2 Å². The molecule has 2 rings (SSSR count). The topological polar surface area (TPSA) is 30.7 Å². The highest BCUT2D eigenvalue weighted by molar-refractivity contribution is 9.09. The van der Waals surface area contributed by atoms with Gasteiger partial charge in [-0.25, -0.2) is 8.78 Å². The molecule has 0 N–H and O–H groups in total. The van der Waals surface area contributed by atoms with Crippen LogP contribution in [-0.2, 0) is 0 Å². The lowest BCUT2D eigenvalue weighted by molar-refractivity contribution is 0.564. The largest absolute Gasteiger partial charge is 0.207 e. The molecule has 90 valence electrons. The second-order valence-corrected chi connectivity index (χ2v) is 5.05. The third-order valence-electron chi connectivity index (χ3n) is 2.32. The van der Waals surface area contributed by atoms with Gasteiger partial charge in [0.25, 0.3) is 0 Å². The highest BCUT2D eigenvalue weighted by atomic mass is 79.9. The Morgan fingerprint density at radius 1 is 1.29 bits per heavy atom. The van der Waals surface area contributed by atoms with E-state index in [2.05, 4.69) is 26.1 Å². The summed E-state index contributed by atoms with van der Waals surface area (Å²) >= 11 is 3.38. The van der Waals surface area contributed by atoms with Crippen LogP contribution in [0.1, 0.15) is 23.1 Å². The van der Waals surface area contributed by atoms with Crippen LogP contribution < -0.4 is 0 Å². The molecule has 3 nitrogen and oxygen atoms in total. The number of hydrogen-bond acceptors (Lipinski definition) is 2. The predicted molar refractivity (Wildman–Crippen MR) is 63.4 cm³/mol. The molecule has 0 aliphatic heterocycles. The van der Waals surface area contributed by atoms with Crippen molar-refractivity contribution in [2.75, 3.05) is 0 Å². The second kappa shape index (κ2) is 4.52. The molecule has 0 amide bonds. The number of benzene rings is 1. The van der Waals surface area contributed by atoms with Crippen LogP contribution in [0.2, 0.25) is 0 Å². The Morgan fingerprint density at radius 3 is 2.53 bits per heavy atom. The highest BCUT2D eigenvalue weighted by Crippen LogP contribution is 2.23. The zero-order chi connectivity index (χ0) is 12.6. The summed E-state index contributed by atoms with van der Waals surface area (Å²) in [6.45, 7) is 3.69. The van der Waals surface area contributed by atoms with Gasteiger partial charge < -0.3 is 0 Å². The van der Waals surface area contributed by atoms with Crippen molar-refractivity contribution in [2.24, 2.45) is 0 Å². The normalized spacial score (nSPS) is 12.8. The van der Waals surface area contributed by atoms with Crippen molar-refractivity contribution in [1.82, 2.24) is 15.0 Å². The van der Waals surface area contributed by atoms with Crippen LogP contribution in [0, 0.1) is 18.6 Å². The van der Waals surface area contributed by atoms with Gasteiger partial charge in [0.1, 0.15) is 11.5 Å². The smallest absolute Gasteiger partial charge is 0.153 e. The molecule has 1 unspecified atom stereocenters. The van der Waals surface area contributed by atoms with E-state index in [1.165, 1.54) is 16.9 Å². The lowest BCUT2D eigenvalue weighted by atomic mass is 10.3. The summed E-state index contributed by atoms with van der Waals surface area (Å²) in [5.74, 6) is -1.31. The zero-order valence-electron chi connectivity index (χ0n) is 9.28. The van der Waals surface area contributed by atoms with Crippen LogP contribution in [0.25, 0.3) is 5.69 Å². The number of aryl methyl sites for hydroxylation is 1. The molecule has 2 aromatic rings. The number of nitrogens with zero attached hydrogens (tertiary/aromatic N) is 3. The molecule has 0 spiro atoms. The lowest BCUT2D eigenvalue weighted by Crippen LogP contribution is -2.02. The molecule has 17 heavy (non-hydrogen) atoms. The van der Waals surface area contributed by atoms with Gasteiger partial charge >= 0.3 is 0 Å². The maximum atomic E-state index is 13.5. The van der Waals surface area contributed by atoms with Crippen molar-refractivity contribution in [3.8, 4) is 5.69 Å². The first kappa shape index (κ1) is 12.2. The molecule has 1 heterocycles. The molecular formula is C11H10BrF2N3. The average molecular weight is 302 g/mol. The van der Waals surface area contributed by atoms with E-state index in [4.69, 9.17) is 0 Å². The zero-order valence-corrected chi connectivity index (χ0v) is 10.9. The molecule has 0 radical (unpaired) electrons. The molecule has 0 bridgehead atoms. The van der Waals surface area contributed by atoms with Gasteiger partial charge in [-0.1, -0.05) is 15.9 Å². The van der Waals surface area contributed by atoms with Gasteiger partial charge in [0.2, 0.25) is 0 Å². The van der Waals surface area contributed by atoms with E-state index in [0.717, 1.165) is 11.8 Å². The summed E-state index contributed by atoms with van der Waals surface area (Å²) in [5, 5.41) is 8.27. The molecule has 6 heteroatoms. The first-order chi connectivity index (χ1) is 7.99. The van der Waals surface area contributed by atoms with Gasteiger partial charge in [-0.05, 0) is 26.0 Å². The van der Waals surface area contributed by atoms with Crippen molar-refractivity contribution in [2.45, 2.75) is 18.7 Å². The Morgan fingerprint density at radius 2 is 2.00 bits per heavy atom. The standard InChI is InChI=1S/C11H10BrF2N3/c1-6(12)11-7(2)15-17(16-11)10-4-3-8(13)5-9(10)14/h3-6H,1-2H3. The Labute approximate surface area is 106 Å². The van der Waals surface area contributed by atoms with Crippen molar-refractivity contribution < 1.29 is 8.78 Å². The first-order valence-electron chi connectivity index (χ1n) is 5.02. The van der Waals surface area contributed by atoms with Gasteiger partial charge in [0, 0.05) is 6.07 Å². The van der Waals surface area contributed by atoms with E-state index >= 15 is 0 Å². The Balaban J connectivity index is 2.50. The van der Waals surface area contributed by atoms with E-state index in [9.17, 15) is 8.78 Å². The lowest BCUT2D eigenvalue weighted by Gasteiger charge is -2.01. The maximum Gasteiger partial charge on any atom is 0.153 e. The Bertz CT molecular complexity index is 552. The number of hydrogen-bond donors (Lipinski definition) is 0. The minimum absolute atomic E-state index is 0.0276. The van der Waals surface area contributed by atoms with Crippen LogP contribution in [0.3, 0.4) is 0 Å². The number of aromatic nitrogens is 3. The summed E-state index contributed by atoms with van der Waals surface area (Å²) in [6, 6.07) is 3.30. The molecule has 1 atom stereocenters. The fourth-order valence-corrected chi connectivity index (χ4v) is 1.93. The van der Waals surface area contributed by atoms with Crippen LogP contribution >= 0.6 is 15.9 Å². The van der Waals surface area contributed by atoms with Gasteiger partial charge in [-0.3, -0.25) is 0 Å². The van der Waals surface area contributed by atoms with Crippen molar-refractivity contribution >= 4 is 15.9 Å². The molecule has 1 aromatic heterocycles. The average Bonchev–Trinajstić information content (AvgIpc) is 2.60. The third-order valence-corrected chi connectivity index (χ3v) is 2.75. The minimum Gasteiger partial charge on any atom is -0.207 e. The van der Waals surface area contributed by atoms with Crippen molar-refractivity contribution in [3.63, 3.8) is 0 Å². The van der Waals surface area contributed by atoms with E-state index in [1.807, 2.05) is 6.92 Å². The summed E-state index contributed by atoms with van der Waals surface area (Å²) in [4.78, 5) is 1.21. The van der Waals surface area contributed by atoms with Gasteiger partial charge in [-0.2, -0.15) is 10.2 Å². The van der Waals surface area contributed by atoms with E-state index in [1.54, 1.807) is 6.92 Å². The van der Waals surface area contributed by atoms with Gasteiger partial charge in [0.15, 0.2) is 5.82 Å². The molecule has 0 saturated heterocycles. The fraction of sp³-hybridized carbons (Fsp3) is 0.273. The monoisotopic (exact) mass is 301 g/mol. The van der Waals surface area contributed by atoms with Crippen molar-refractivity contribution in [1.29, 1.82) is 0 Å². The number of halogens is 3. The summed E-state index contributed by atoms with van der Waals surface area (Å²) in [5.41, 5.74) is 1.57. The molecule has 1 aromatic carbocycles. The highest BCUT2D eigenvalue weighted by Gasteiger charge is 2.15. The first-order valence-corrected chi connectivity index (χ1v) is 5.94. The van der Waals surface area contributed by atoms with Crippen LogP contribution in [0.15, 0.2) is 18.2 Å². The SMILES string of the molecule is Cc1nn(-c2ccc(F)cc2F)nc1C(C)Br. The predicted octanol–water partition coefficient (Wildman–Crippen LogP) is 3.31. The Hall–Kier alpha value is -1.30. The minimum atomic E-state index is -0.686. The van der Waals surface area contributed by atoms with E-state index < -0.39 is 11.6 Å². The second-order valence-electron chi connectivity index (χ2n) is 3.67. The quantitative estimate of drug-likeness (QED) is 0.797. The van der Waals surface area contributed by atoms with E-state index in [-0.39, 0.29) is 10.5 Å². The van der Waals surface area contributed by atoms with E-state index in [0.29, 0.717) is 5.69 Å².